The highest BCUT2D eigenvalue weighted by atomic mass is 16.7. The highest BCUT2D eigenvalue weighted by Gasteiger charge is 2.48. The van der Waals surface area contributed by atoms with Crippen molar-refractivity contribution >= 4 is 11.8 Å². The van der Waals surface area contributed by atoms with Crippen LogP contribution in [0.4, 0.5) is 0 Å². The van der Waals surface area contributed by atoms with Crippen LogP contribution in [0.1, 0.15) is 74.0 Å². The molecule has 2 amide bonds. The molecule has 0 saturated heterocycles. The number of imide groups is 1. The number of rotatable bonds is 7. The lowest BCUT2D eigenvalue weighted by molar-refractivity contribution is -0.233. The monoisotopic (exact) mass is 546 g/mol. The molecule has 206 valence electrons. The third-order valence-electron chi connectivity index (χ3n) is 8.45. The Morgan fingerprint density at radius 2 is 1.54 bits per heavy atom. The lowest BCUT2D eigenvalue weighted by atomic mass is 9.85. The Bertz CT molecular complexity index is 1710. The Morgan fingerprint density at radius 3 is 2.29 bits per heavy atom. The molecule has 0 radical (unpaired) electrons. The molecule has 0 saturated carbocycles. The Morgan fingerprint density at radius 1 is 0.854 bits per heavy atom. The quantitative estimate of drug-likeness (QED) is 0.228. The second-order valence-corrected chi connectivity index (χ2v) is 11.1. The predicted octanol–water partition coefficient (Wildman–Crippen LogP) is 5.42. The minimum atomic E-state index is -0.932. The van der Waals surface area contributed by atoms with E-state index in [0.29, 0.717) is 61.2 Å². The first kappa shape index (κ1) is 25.5. The molecule has 0 aliphatic carbocycles. The van der Waals surface area contributed by atoms with Crippen LogP contribution >= 0.6 is 0 Å². The fourth-order valence-corrected chi connectivity index (χ4v) is 6.39. The number of pyridine rings is 1. The molecular weight excluding hydrogens is 516 g/mol. The highest BCUT2D eigenvalue weighted by molar-refractivity contribution is 6.21. The minimum absolute atomic E-state index is 0.107. The lowest BCUT2D eigenvalue weighted by Gasteiger charge is -2.46. The van der Waals surface area contributed by atoms with Crippen LogP contribution in [0.5, 0.6) is 5.75 Å². The van der Waals surface area contributed by atoms with Gasteiger partial charge in [0.1, 0.15) is 11.9 Å². The van der Waals surface area contributed by atoms with Crippen molar-refractivity contribution in [2.24, 2.45) is 0 Å². The summed E-state index contributed by atoms with van der Waals surface area (Å²) in [7, 11) is 0. The summed E-state index contributed by atoms with van der Waals surface area (Å²) in [6, 6.07) is 26.9. The molecule has 0 fully saturated rings. The van der Waals surface area contributed by atoms with Gasteiger partial charge in [-0.3, -0.25) is 19.3 Å². The summed E-state index contributed by atoms with van der Waals surface area (Å²) < 4.78 is 15.1. The first-order valence-corrected chi connectivity index (χ1v) is 14.1. The van der Waals surface area contributed by atoms with E-state index in [9.17, 15) is 14.4 Å². The number of carbonyl (C=O) groups excluding carboxylic acids is 2. The summed E-state index contributed by atoms with van der Waals surface area (Å²) in [6.07, 6.45) is 1.89. The zero-order valence-electron chi connectivity index (χ0n) is 22.8. The van der Waals surface area contributed by atoms with Gasteiger partial charge in [-0.05, 0) is 48.6 Å². The van der Waals surface area contributed by atoms with Crippen LogP contribution in [0.25, 0.3) is 0 Å². The molecule has 4 aromatic rings. The normalized spacial score (nSPS) is 20.3. The Hall–Kier alpha value is -4.49. The predicted molar refractivity (Wildman–Crippen MR) is 153 cm³/mol. The number of hydrogen-bond donors (Lipinski definition) is 0. The van der Waals surface area contributed by atoms with Gasteiger partial charge in [-0.15, -0.1) is 0 Å². The van der Waals surface area contributed by atoms with Gasteiger partial charge in [0.05, 0.1) is 23.2 Å². The first-order valence-electron chi connectivity index (χ1n) is 14.1. The van der Waals surface area contributed by atoms with Crippen LogP contribution in [0.2, 0.25) is 0 Å². The summed E-state index contributed by atoms with van der Waals surface area (Å²) >= 11 is 0. The molecule has 7 heteroatoms. The smallest absolute Gasteiger partial charge is 0.261 e. The maximum Gasteiger partial charge on any atom is 0.261 e. The van der Waals surface area contributed by atoms with Crippen LogP contribution in [-0.4, -0.2) is 33.6 Å². The first-order chi connectivity index (χ1) is 19.9. The van der Waals surface area contributed by atoms with Crippen molar-refractivity contribution < 1.29 is 19.1 Å². The molecule has 2 bridgehead atoms. The average Bonchev–Trinajstić information content (AvgIpc) is 3.22. The molecule has 3 aliphatic heterocycles. The van der Waals surface area contributed by atoms with Crippen LogP contribution in [0.3, 0.4) is 0 Å². The van der Waals surface area contributed by atoms with Crippen molar-refractivity contribution in [3.05, 3.63) is 134 Å². The van der Waals surface area contributed by atoms with Gasteiger partial charge in [0.25, 0.3) is 17.4 Å². The molecule has 2 atom stereocenters. The van der Waals surface area contributed by atoms with Gasteiger partial charge in [-0.1, -0.05) is 66.7 Å². The van der Waals surface area contributed by atoms with Gasteiger partial charge in [0.15, 0.2) is 0 Å². The molecule has 7 nitrogen and oxygen atoms in total. The van der Waals surface area contributed by atoms with Crippen molar-refractivity contribution in [3.8, 4) is 5.75 Å². The zero-order valence-corrected chi connectivity index (χ0v) is 22.8. The number of unbranched alkanes of at least 4 members (excludes halogenated alkanes) is 1. The van der Waals surface area contributed by atoms with Crippen molar-refractivity contribution in [2.45, 2.75) is 51.0 Å². The SMILES string of the molecule is Cc1cc2c(c(=O)n1Cc1ccccc1)[C@H]1O[C@](CCCCN3C(=O)c4ccccc4C3=O)(Cc3ccccc31)O2. The number of ether oxygens (including phenoxy) is 2. The van der Waals surface area contributed by atoms with Crippen LogP contribution in [-0.2, 0) is 17.7 Å². The number of aryl methyl sites for hydroxylation is 1. The standard InChI is InChI=1S/C34H30N2O5/c1-22-19-28-29(33(39)36(22)21-23-11-3-2-4-12-23)30-25-14-6-5-13-24(25)20-34(40-28,41-30)17-9-10-18-35-31(37)26-15-7-8-16-27(26)32(35)38/h2-8,11-16,19,30H,9-10,17-18,20-21H2,1H3/t30-,34+/m0/s1. The van der Waals surface area contributed by atoms with E-state index in [2.05, 4.69) is 6.07 Å². The summed E-state index contributed by atoms with van der Waals surface area (Å²) in [5.74, 6) is -0.838. The Kier molecular flexibility index (Phi) is 6.12. The van der Waals surface area contributed by atoms with E-state index in [1.54, 1.807) is 28.8 Å². The fraction of sp³-hybridized carbons (Fsp3) is 0.265. The van der Waals surface area contributed by atoms with Crippen LogP contribution in [0, 0.1) is 6.92 Å². The number of nitrogens with zero attached hydrogens (tertiary/aromatic N) is 2. The van der Waals surface area contributed by atoms with E-state index >= 15 is 0 Å². The third-order valence-corrected chi connectivity index (χ3v) is 8.45. The molecular formula is C34H30N2O5. The molecule has 0 N–H and O–H groups in total. The van der Waals surface area contributed by atoms with Gasteiger partial charge in [-0.2, -0.15) is 0 Å². The van der Waals surface area contributed by atoms with E-state index in [4.69, 9.17) is 9.47 Å². The third kappa shape index (κ3) is 4.28. The number of fused-ring (bicyclic) bond motifs is 7. The maximum atomic E-state index is 13.9. The number of carbonyl (C=O) groups is 2. The molecule has 1 aromatic heterocycles. The molecule has 3 aliphatic rings. The molecule has 3 aromatic carbocycles. The number of aromatic nitrogens is 1. The van der Waals surface area contributed by atoms with Crippen LogP contribution < -0.4 is 10.3 Å². The van der Waals surface area contributed by atoms with Crippen LogP contribution in [0.15, 0.2) is 89.7 Å². The van der Waals surface area contributed by atoms with E-state index in [-0.39, 0.29) is 17.4 Å². The summed E-state index contributed by atoms with van der Waals surface area (Å²) in [5, 5.41) is 0. The molecule has 0 unspecified atom stereocenters. The maximum absolute atomic E-state index is 13.9. The topological polar surface area (TPSA) is 77.8 Å². The van der Waals surface area contributed by atoms with E-state index in [0.717, 1.165) is 22.4 Å². The highest BCUT2D eigenvalue weighted by Crippen LogP contribution is 2.48. The van der Waals surface area contributed by atoms with Crippen molar-refractivity contribution in [1.82, 2.24) is 9.47 Å². The minimum Gasteiger partial charge on any atom is -0.461 e. The van der Waals surface area contributed by atoms with Gasteiger partial charge in [0, 0.05) is 31.1 Å². The largest absolute Gasteiger partial charge is 0.461 e. The zero-order chi connectivity index (χ0) is 28.1. The molecule has 0 spiro atoms. The fourth-order valence-electron chi connectivity index (χ4n) is 6.39. The van der Waals surface area contributed by atoms with Crippen molar-refractivity contribution in [3.63, 3.8) is 0 Å². The number of amides is 2. The van der Waals surface area contributed by atoms with E-state index < -0.39 is 11.9 Å². The Labute approximate surface area is 238 Å². The molecule has 41 heavy (non-hydrogen) atoms. The summed E-state index contributed by atoms with van der Waals surface area (Å²) in [6.45, 7) is 2.74. The molecule has 7 rings (SSSR count). The summed E-state index contributed by atoms with van der Waals surface area (Å²) in [4.78, 5) is 40.8. The molecule has 4 heterocycles. The number of benzene rings is 3. The average molecular weight is 547 g/mol. The van der Waals surface area contributed by atoms with Crippen molar-refractivity contribution in [1.29, 1.82) is 0 Å². The van der Waals surface area contributed by atoms with Gasteiger partial charge >= 0.3 is 0 Å². The van der Waals surface area contributed by atoms with Gasteiger partial charge in [-0.25, -0.2) is 0 Å². The van der Waals surface area contributed by atoms with E-state index in [1.807, 2.05) is 61.5 Å². The van der Waals surface area contributed by atoms with Gasteiger partial charge < -0.3 is 14.0 Å². The second kappa shape index (κ2) is 9.85. The lowest BCUT2D eigenvalue weighted by Crippen LogP contribution is -2.51. The van der Waals surface area contributed by atoms with E-state index in [1.165, 1.54) is 4.90 Å². The second-order valence-electron chi connectivity index (χ2n) is 11.1. The van der Waals surface area contributed by atoms with Crippen molar-refractivity contribution in [2.75, 3.05) is 6.54 Å². The summed E-state index contributed by atoms with van der Waals surface area (Å²) in [5.41, 5.74) is 5.32. The number of hydrogen-bond acceptors (Lipinski definition) is 5. The Balaban J connectivity index is 1.15. The van der Waals surface area contributed by atoms with Gasteiger partial charge in [0.2, 0.25) is 5.79 Å².